The predicted molar refractivity (Wildman–Crippen MR) is 110 cm³/mol. The number of hydrogen-bond donors (Lipinski definition) is 2. The summed E-state index contributed by atoms with van der Waals surface area (Å²) < 4.78 is 0. The molecule has 2 N–H and O–H groups in total. The van der Waals surface area contributed by atoms with Crippen molar-refractivity contribution >= 4 is 45.7 Å². The first-order valence-electron chi connectivity index (χ1n) is 8.21. The van der Waals surface area contributed by atoms with Crippen LogP contribution in [-0.2, 0) is 4.79 Å². The van der Waals surface area contributed by atoms with Gasteiger partial charge in [-0.05, 0) is 49.7 Å². The molecule has 2 amide bonds. The van der Waals surface area contributed by atoms with Crippen LogP contribution < -0.4 is 10.6 Å². The molecule has 1 aromatic heterocycles. The molecule has 0 saturated heterocycles. The summed E-state index contributed by atoms with van der Waals surface area (Å²) in [5.74, 6) is 0.00129. The molecule has 0 aliphatic carbocycles. The van der Waals surface area contributed by atoms with Crippen LogP contribution in [0.1, 0.15) is 20.9 Å². The number of carbonyl (C=O) groups is 2. The van der Waals surface area contributed by atoms with Crippen LogP contribution in [0.3, 0.4) is 0 Å². The molecule has 1 heterocycles. The molecule has 2 aromatic carbocycles. The average Bonchev–Trinajstić information content (AvgIpc) is 3.06. The second kappa shape index (κ2) is 8.79. The van der Waals surface area contributed by atoms with E-state index in [1.807, 2.05) is 56.3 Å². The number of nitrogens with one attached hydrogen (secondary N) is 2. The summed E-state index contributed by atoms with van der Waals surface area (Å²) in [6.07, 6.45) is 0. The van der Waals surface area contributed by atoms with Gasteiger partial charge >= 0.3 is 0 Å². The molecule has 3 rings (SSSR count). The van der Waals surface area contributed by atoms with Gasteiger partial charge in [0.05, 0.1) is 5.75 Å². The number of nitrogens with zero attached hydrogens (tertiary/aromatic N) is 2. The number of thioether (sulfide) groups is 1. The van der Waals surface area contributed by atoms with E-state index in [1.165, 1.54) is 23.1 Å². The van der Waals surface area contributed by atoms with Gasteiger partial charge in [-0.15, -0.1) is 22.0 Å². The van der Waals surface area contributed by atoms with E-state index >= 15 is 0 Å². The fraction of sp³-hybridized carbons (Fsp3) is 0.158. The minimum Gasteiger partial charge on any atom is -0.322 e. The van der Waals surface area contributed by atoms with Crippen LogP contribution in [-0.4, -0.2) is 27.8 Å². The number of hydrogen-bond acceptors (Lipinski definition) is 6. The molecule has 0 aliphatic rings. The van der Waals surface area contributed by atoms with E-state index in [4.69, 9.17) is 0 Å². The molecule has 0 radical (unpaired) electrons. The Bertz CT molecular complexity index is 954. The van der Waals surface area contributed by atoms with Crippen molar-refractivity contribution in [1.82, 2.24) is 10.2 Å². The van der Waals surface area contributed by atoms with Gasteiger partial charge in [0, 0.05) is 16.1 Å². The van der Waals surface area contributed by atoms with E-state index in [-0.39, 0.29) is 17.6 Å². The van der Waals surface area contributed by atoms with Crippen molar-refractivity contribution in [2.45, 2.75) is 18.7 Å². The summed E-state index contributed by atoms with van der Waals surface area (Å²) in [6.45, 7) is 3.74. The fourth-order valence-corrected chi connectivity index (χ4v) is 3.62. The van der Waals surface area contributed by atoms with Crippen LogP contribution in [0.15, 0.2) is 53.4 Å². The Hall–Kier alpha value is -2.71. The van der Waals surface area contributed by atoms with Gasteiger partial charge in [0.25, 0.3) is 5.91 Å². The van der Waals surface area contributed by atoms with E-state index in [0.717, 1.165) is 15.5 Å². The van der Waals surface area contributed by atoms with Crippen LogP contribution in [0.5, 0.6) is 0 Å². The second-order valence-corrected chi connectivity index (χ2v) is 7.99. The lowest BCUT2D eigenvalue weighted by Gasteiger charge is -2.08. The monoisotopic (exact) mass is 398 g/mol. The van der Waals surface area contributed by atoms with Crippen LogP contribution in [0.25, 0.3) is 0 Å². The number of aromatic nitrogens is 2. The molecule has 0 fully saturated rings. The summed E-state index contributed by atoms with van der Waals surface area (Å²) in [4.78, 5) is 25.2. The minimum absolute atomic E-state index is 0.131. The molecule has 0 unspecified atom stereocenters. The van der Waals surface area contributed by atoms with Crippen LogP contribution >= 0.6 is 23.1 Å². The maximum absolute atomic E-state index is 12.3. The first kappa shape index (κ1) is 19.1. The third-order valence-electron chi connectivity index (χ3n) is 3.64. The quantitative estimate of drug-likeness (QED) is 0.610. The Balaban J connectivity index is 1.52. The van der Waals surface area contributed by atoms with Gasteiger partial charge in [-0.25, -0.2) is 0 Å². The molecule has 27 heavy (non-hydrogen) atoms. The highest BCUT2D eigenvalue weighted by Gasteiger charge is 2.09. The van der Waals surface area contributed by atoms with Crippen LogP contribution in [0.4, 0.5) is 10.8 Å². The zero-order valence-corrected chi connectivity index (χ0v) is 16.5. The zero-order chi connectivity index (χ0) is 19.2. The Labute approximate surface area is 165 Å². The molecule has 8 heteroatoms. The van der Waals surface area contributed by atoms with Gasteiger partial charge < -0.3 is 5.32 Å². The molecule has 0 saturated carbocycles. The highest BCUT2D eigenvalue weighted by molar-refractivity contribution is 8.00. The Morgan fingerprint density at radius 2 is 1.74 bits per heavy atom. The minimum atomic E-state index is -0.139. The lowest BCUT2D eigenvalue weighted by molar-refractivity contribution is -0.113. The van der Waals surface area contributed by atoms with E-state index < -0.39 is 0 Å². The molecule has 138 valence electrons. The van der Waals surface area contributed by atoms with E-state index in [0.29, 0.717) is 16.4 Å². The molecular formula is C19H18N4O2S2. The second-order valence-electron chi connectivity index (χ2n) is 5.76. The number of anilines is 2. The molecular weight excluding hydrogens is 380 g/mol. The van der Waals surface area contributed by atoms with Crippen molar-refractivity contribution in [1.29, 1.82) is 0 Å². The molecule has 0 spiro atoms. The number of benzene rings is 2. The highest BCUT2D eigenvalue weighted by Crippen LogP contribution is 2.22. The maximum atomic E-state index is 12.3. The lowest BCUT2D eigenvalue weighted by Crippen LogP contribution is -2.14. The molecule has 6 nitrogen and oxygen atoms in total. The lowest BCUT2D eigenvalue weighted by atomic mass is 10.1. The standard InChI is InChI=1S/C19H18N4O2S2/c1-12-5-3-4-6-16(12)18(25)20-14-7-9-15(10-8-14)26-11-17(24)21-19-23-22-13(2)27-19/h3-10H,11H2,1-2H3,(H,20,25)(H,21,23,24). The summed E-state index contributed by atoms with van der Waals surface area (Å²) in [7, 11) is 0. The van der Waals surface area contributed by atoms with Gasteiger partial charge in [-0.2, -0.15) is 0 Å². The van der Waals surface area contributed by atoms with Crippen molar-refractivity contribution in [2.24, 2.45) is 0 Å². The highest BCUT2D eigenvalue weighted by atomic mass is 32.2. The van der Waals surface area contributed by atoms with E-state index in [2.05, 4.69) is 20.8 Å². The first-order valence-corrected chi connectivity index (χ1v) is 10.0. The first-order chi connectivity index (χ1) is 13.0. The normalized spacial score (nSPS) is 10.4. The van der Waals surface area contributed by atoms with Crippen molar-refractivity contribution in [3.8, 4) is 0 Å². The van der Waals surface area contributed by atoms with Crippen molar-refractivity contribution in [2.75, 3.05) is 16.4 Å². The van der Waals surface area contributed by atoms with E-state index in [1.54, 1.807) is 6.07 Å². The summed E-state index contributed by atoms with van der Waals surface area (Å²) >= 11 is 2.75. The van der Waals surface area contributed by atoms with Crippen molar-refractivity contribution < 1.29 is 9.59 Å². The molecule has 0 aliphatic heterocycles. The zero-order valence-electron chi connectivity index (χ0n) is 14.9. The Kier molecular flexibility index (Phi) is 6.20. The Morgan fingerprint density at radius 3 is 2.41 bits per heavy atom. The third kappa shape index (κ3) is 5.38. The number of rotatable bonds is 6. The topological polar surface area (TPSA) is 84.0 Å². The average molecular weight is 399 g/mol. The van der Waals surface area contributed by atoms with Gasteiger partial charge in [0.1, 0.15) is 5.01 Å². The van der Waals surface area contributed by atoms with Gasteiger partial charge in [0.2, 0.25) is 11.0 Å². The summed E-state index contributed by atoms with van der Waals surface area (Å²) in [5.41, 5.74) is 2.29. The SMILES string of the molecule is Cc1nnc(NC(=O)CSc2ccc(NC(=O)c3ccccc3C)cc2)s1. The van der Waals surface area contributed by atoms with Crippen LogP contribution in [0.2, 0.25) is 0 Å². The largest absolute Gasteiger partial charge is 0.322 e. The summed E-state index contributed by atoms with van der Waals surface area (Å²) in [5, 5.41) is 14.6. The number of carbonyl (C=O) groups excluding carboxylic acids is 2. The number of amides is 2. The third-order valence-corrected chi connectivity index (χ3v) is 5.41. The molecule has 0 bridgehead atoms. The van der Waals surface area contributed by atoms with Crippen LogP contribution in [0, 0.1) is 13.8 Å². The van der Waals surface area contributed by atoms with Crippen molar-refractivity contribution in [3.05, 3.63) is 64.7 Å². The predicted octanol–water partition coefficient (Wildman–Crippen LogP) is 4.14. The van der Waals surface area contributed by atoms with Crippen molar-refractivity contribution in [3.63, 3.8) is 0 Å². The smallest absolute Gasteiger partial charge is 0.255 e. The maximum Gasteiger partial charge on any atom is 0.255 e. The summed E-state index contributed by atoms with van der Waals surface area (Å²) in [6, 6.07) is 14.8. The number of aryl methyl sites for hydroxylation is 2. The fourth-order valence-electron chi connectivity index (χ4n) is 2.31. The van der Waals surface area contributed by atoms with Gasteiger partial charge in [0.15, 0.2) is 0 Å². The van der Waals surface area contributed by atoms with Gasteiger partial charge in [-0.1, -0.05) is 29.5 Å². The Morgan fingerprint density at radius 1 is 1.00 bits per heavy atom. The molecule has 3 aromatic rings. The molecule has 0 atom stereocenters. The van der Waals surface area contributed by atoms with E-state index in [9.17, 15) is 9.59 Å². The van der Waals surface area contributed by atoms with Gasteiger partial charge in [-0.3, -0.25) is 14.9 Å².